The molecule has 0 aliphatic rings. The second-order valence-electron chi connectivity index (χ2n) is 6.59. The van der Waals surface area contributed by atoms with Crippen molar-refractivity contribution in [3.8, 4) is 0 Å². The van der Waals surface area contributed by atoms with E-state index in [0.29, 0.717) is 6.54 Å². The molecule has 1 aromatic heterocycles. The summed E-state index contributed by atoms with van der Waals surface area (Å²) in [6.45, 7) is 8.72. The first-order chi connectivity index (χ1) is 10.2. The van der Waals surface area contributed by atoms with E-state index in [-0.39, 0.29) is 5.41 Å². The number of hydrogen-bond donors (Lipinski definition) is 2. The number of nitrogens with two attached hydrogens (primary N) is 1. The summed E-state index contributed by atoms with van der Waals surface area (Å²) in [5.41, 5.74) is 6.67. The lowest BCUT2D eigenvalue weighted by Gasteiger charge is -2.27. The SMILES string of the molecule is CC(C)(C)c1csc(CNC(C)(C(N)=O)c2ccccc2)n1. The normalized spacial score (nSPS) is 14.5. The fourth-order valence-corrected chi connectivity index (χ4v) is 3.05. The van der Waals surface area contributed by atoms with Gasteiger partial charge in [-0.1, -0.05) is 51.1 Å². The standard InChI is InChI=1S/C17H23N3OS/c1-16(2,3)13-11-22-14(20-13)10-19-17(4,15(18)21)12-8-6-5-7-9-12/h5-9,11,19H,10H2,1-4H3,(H2,18,21). The van der Waals surface area contributed by atoms with Crippen LogP contribution in [0.2, 0.25) is 0 Å². The van der Waals surface area contributed by atoms with Crippen molar-refractivity contribution in [1.29, 1.82) is 0 Å². The fraction of sp³-hybridized carbons (Fsp3) is 0.412. The van der Waals surface area contributed by atoms with Gasteiger partial charge in [0.15, 0.2) is 0 Å². The Kier molecular flexibility index (Phi) is 4.68. The predicted molar refractivity (Wildman–Crippen MR) is 90.6 cm³/mol. The lowest BCUT2D eigenvalue weighted by Crippen LogP contribution is -2.50. The van der Waals surface area contributed by atoms with Crippen LogP contribution in [0.15, 0.2) is 35.7 Å². The van der Waals surface area contributed by atoms with Crippen molar-refractivity contribution < 1.29 is 4.79 Å². The second kappa shape index (κ2) is 6.18. The summed E-state index contributed by atoms with van der Waals surface area (Å²) in [5, 5.41) is 6.29. The summed E-state index contributed by atoms with van der Waals surface area (Å²) in [5.74, 6) is -0.397. The largest absolute Gasteiger partial charge is 0.368 e. The van der Waals surface area contributed by atoms with Gasteiger partial charge in [0.05, 0.1) is 5.69 Å². The Hall–Kier alpha value is -1.72. The number of aromatic nitrogens is 1. The van der Waals surface area contributed by atoms with Crippen LogP contribution in [0.3, 0.4) is 0 Å². The minimum Gasteiger partial charge on any atom is -0.368 e. The van der Waals surface area contributed by atoms with Crippen LogP contribution < -0.4 is 11.1 Å². The lowest BCUT2D eigenvalue weighted by molar-refractivity contribution is -0.124. The number of benzene rings is 1. The molecule has 4 nitrogen and oxygen atoms in total. The van der Waals surface area contributed by atoms with Crippen LogP contribution in [0.4, 0.5) is 0 Å². The van der Waals surface area contributed by atoms with E-state index in [2.05, 4.69) is 36.5 Å². The van der Waals surface area contributed by atoms with Crippen LogP contribution in [0.25, 0.3) is 0 Å². The minimum atomic E-state index is -0.908. The molecular formula is C17H23N3OS. The van der Waals surface area contributed by atoms with Crippen molar-refractivity contribution in [2.45, 2.75) is 45.2 Å². The molecule has 0 aliphatic carbocycles. The first-order valence-corrected chi connectivity index (χ1v) is 8.17. The van der Waals surface area contributed by atoms with Gasteiger partial charge in [-0.25, -0.2) is 4.98 Å². The highest BCUT2D eigenvalue weighted by Gasteiger charge is 2.32. The molecular weight excluding hydrogens is 294 g/mol. The molecule has 0 aliphatic heterocycles. The Bertz CT molecular complexity index is 645. The van der Waals surface area contributed by atoms with E-state index in [1.54, 1.807) is 11.3 Å². The molecule has 3 N–H and O–H groups in total. The molecule has 1 aromatic carbocycles. The number of primary amides is 1. The molecule has 1 atom stereocenters. The Morgan fingerprint density at radius 3 is 2.36 bits per heavy atom. The molecule has 1 amide bonds. The van der Waals surface area contributed by atoms with Crippen LogP contribution in [-0.4, -0.2) is 10.9 Å². The van der Waals surface area contributed by atoms with Gasteiger partial charge in [-0.15, -0.1) is 11.3 Å². The van der Waals surface area contributed by atoms with E-state index < -0.39 is 11.4 Å². The zero-order valence-electron chi connectivity index (χ0n) is 13.5. The molecule has 2 rings (SSSR count). The number of carbonyl (C=O) groups is 1. The zero-order chi connectivity index (χ0) is 16.4. The molecule has 22 heavy (non-hydrogen) atoms. The molecule has 1 heterocycles. The van der Waals surface area contributed by atoms with E-state index in [9.17, 15) is 4.79 Å². The molecule has 0 radical (unpaired) electrons. The second-order valence-corrected chi connectivity index (χ2v) is 7.53. The van der Waals surface area contributed by atoms with Crippen molar-refractivity contribution in [3.05, 3.63) is 52.0 Å². The van der Waals surface area contributed by atoms with Gasteiger partial charge in [0.25, 0.3) is 0 Å². The Morgan fingerprint density at radius 2 is 1.86 bits per heavy atom. The maximum Gasteiger partial charge on any atom is 0.242 e. The first kappa shape index (κ1) is 16.6. The third-order valence-corrected chi connectivity index (χ3v) is 4.61. The number of amides is 1. The number of hydrogen-bond acceptors (Lipinski definition) is 4. The molecule has 0 fully saturated rings. The maximum absolute atomic E-state index is 12.0. The van der Waals surface area contributed by atoms with Gasteiger partial charge in [-0.2, -0.15) is 0 Å². The topological polar surface area (TPSA) is 68.0 Å². The van der Waals surface area contributed by atoms with Gasteiger partial charge in [0.1, 0.15) is 10.5 Å². The van der Waals surface area contributed by atoms with E-state index in [0.717, 1.165) is 16.3 Å². The van der Waals surface area contributed by atoms with Gasteiger partial charge in [0, 0.05) is 17.3 Å². The van der Waals surface area contributed by atoms with E-state index in [1.165, 1.54) is 0 Å². The third-order valence-electron chi connectivity index (χ3n) is 3.76. The number of nitrogens with zero attached hydrogens (tertiary/aromatic N) is 1. The maximum atomic E-state index is 12.0. The number of thiazole rings is 1. The smallest absolute Gasteiger partial charge is 0.242 e. The molecule has 0 spiro atoms. The van der Waals surface area contributed by atoms with Gasteiger partial charge < -0.3 is 5.73 Å². The average Bonchev–Trinajstić information content (AvgIpc) is 2.94. The third kappa shape index (κ3) is 3.54. The van der Waals surface area contributed by atoms with Crippen LogP contribution in [-0.2, 0) is 22.3 Å². The van der Waals surface area contributed by atoms with Gasteiger partial charge in [-0.05, 0) is 12.5 Å². The van der Waals surface area contributed by atoms with E-state index in [1.807, 2.05) is 37.3 Å². The van der Waals surface area contributed by atoms with Crippen molar-refractivity contribution in [2.24, 2.45) is 5.73 Å². The first-order valence-electron chi connectivity index (χ1n) is 7.29. The summed E-state index contributed by atoms with van der Waals surface area (Å²) in [6.07, 6.45) is 0. The number of nitrogens with one attached hydrogen (secondary N) is 1. The fourth-order valence-electron chi connectivity index (χ4n) is 2.09. The van der Waals surface area contributed by atoms with Gasteiger partial charge in [0.2, 0.25) is 5.91 Å². The minimum absolute atomic E-state index is 0.0289. The molecule has 5 heteroatoms. The highest BCUT2D eigenvalue weighted by atomic mass is 32.1. The number of rotatable bonds is 5. The summed E-state index contributed by atoms with van der Waals surface area (Å²) in [4.78, 5) is 16.6. The zero-order valence-corrected chi connectivity index (χ0v) is 14.3. The van der Waals surface area contributed by atoms with Crippen molar-refractivity contribution in [3.63, 3.8) is 0 Å². The predicted octanol–water partition coefficient (Wildman–Crippen LogP) is 2.93. The van der Waals surface area contributed by atoms with Crippen LogP contribution in [0.1, 0.15) is 44.0 Å². The Morgan fingerprint density at radius 1 is 1.23 bits per heavy atom. The van der Waals surface area contributed by atoms with Crippen LogP contribution in [0, 0.1) is 0 Å². The van der Waals surface area contributed by atoms with Crippen LogP contribution >= 0.6 is 11.3 Å². The quantitative estimate of drug-likeness (QED) is 0.891. The van der Waals surface area contributed by atoms with Gasteiger partial charge >= 0.3 is 0 Å². The lowest BCUT2D eigenvalue weighted by atomic mass is 9.91. The summed E-state index contributed by atoms with van der Waals surface area (Å²) < 4.78 is 0. The van der Waals surface area contributed by atoms with Crippen LogP contribution in [0.5, 0.6) is 0 Å². The molecule has 0 bridgehead atoms. The Labute approximate surface area is 135 Å². The Balaban J connectivity index is 2.17. The van der Waals surface area contributed by atoms with Crippen molar-refractivity contribution in [2.75, 3.05) is 0 Å². The highest BCUT2D eigenvalue weighted by molar-refractivity contribution is 7.09. The van der Waals surface area contributed by atoms with E-state index >= 15 is 0 Å². The van der Waals surface area contributed by atoms with Crippen molar-refractivity contribution >= 4 is 17.2 Å². The van der Waals surface area contributed by atoms with E-state index in [4.69, 9.17) is 5.73 Å². The molecule has 2 aromatic rings. The summed E-state index contributed by atoms with van der Waals surface area (Å²) in [6, 6.07) is 9.53. The summed E-state index contributed by atoms with van der Waals surface area (Å²) in [7, 11) is 0. The summed E-state index contributed by atoms with van der Waals surface area (Å²) >= 11 is 1.60. The number of carbonyl (C=O) groups excluding carboxylic acids is 1. The highest BCUT2D eigenvalue weighted by Crippen LogP contribution is 2.25. The molecule has 1 unspecified atom stereocenters. The average molecular weight is 317 g/mol. The molecule has 118 valence electrons. The monoisotopic (exact) mass is 317 g/mol. The van der Waals surface area contributed by atoms with Crippen molar-refractivity contribution in [1.82, 2.24) is 10.3 Å². The molecule has 0 saturated heterocycles. The molecule has 0 saturated carbocycles. The van der Waals surface area contributed by atoms with Gasteiger partial charge in [-0.3, -0.25) is 10.1 Å².